The molecule has 0 spiro atoms. The summed E-state index contributed by atoms with van der Waals surface area (Å²) in [6.07, 6.45) is 0. The van der Waals surface area contributed by atoms with Gasteiger partial charge in [-0.3, -0.25) is 14.9 Å². The number of H-pyrrole nitrogens is 1. The van der Waals surface area contributed by atoms with Crippen molar-refractivity contribution in [1.29, 1.82) is 0 Å². The van der Waals surface area contributed by atoms with Crippen molar-refractivity contribution in [1.82, 2.24) is 10.2 Å². The maximum absolute atomic E-state index is 11.4. The zero-order valence-electron chi connectivity index (χ0n) is 13.1. The number of aromatic nitrogens is 2. The lowest BCUT2D eigenvalue weighted by Crippen LogP contribution is -1.95. The van der Waals surface area contributed by atoms with Crippen LogP contribution in [0.25, 0.3) is 28.3 Å². The Balaban J connectivity index is 2.28. The molecule has 6 nitrogen and oxygen atoms in total. The third-order valence-corrected chi connectivity index (χ3v) is 4.25. The monoisotopic (exact) mass is 410 g/mol. The lowest BCUT2D eigenvalue weighted by Gasteiger charge is -2.13. The highest BCUT2D eigenvalue weighted by molar-refractivity contribution is 7.46. The second-order valence-electron chi connectivity index (χ2n) is 5.23. The van der Waals surface area contributed by atoms with Crippen LogP contribution in [0.1, 0.15) is 5.56 Å². The Labute approximate surface area is 159 Å². The molecule has 9 heteroatoms. The Bertz CT molecular complexity index is 924. The summed E-state index contributed by atoms with van der Waals surface area (Å²) in [5.74, 6) is -0.354. The summed E-state index contributed by atoms with van der Waals surface area (Å²) >= 11 is 11.8. The molecule has 2 aromatic carbocycles. The SMILES string of the molecule is O=P(O)(O)OC(=C(Cl)Cl)c1c(-c2ccccc2)n[nH]c1-c1ccccc1. The molecule has 0 bridgehead atoms. The summed E-state index contributed by atoms with van der Waals surface area (Å²) < 4.78 is 15.8. The zero-order chi connectivity index (χ0) is 18.7. The molecule has 0 unspecified atom stereocenters. The van der Waals surface area contributed by atoms with Gasteiger partial charge in [0.1, 0.15) is 10.2 Å². The van der Waals surface area contributed by atoms with Gasteiger partial charge < -0.3 is 4.52 Å². The van der Waals surface area contributed by atoms with Gasteiger partial charge in [0.05, 0.1) is 11.3 Å². The number of nitrogens with one attached hydrogen (secondary N) is 1. The van der Waals surface area contributed by atoms with E-state index in [2.05, 4.69) is 10.2 Å². The first-order valence-electron chi connectivity index (χ1n) is 7.37. The molecule has 26 heavy (non-hydrogen) atoms. The number of nitrogens with zero attached hydrogens (tertiary/aromatic N) is 1. The van der Waals surface area contributed by atoms with Crippen molar-refractivity contribution < 1.29 is 18.9 Å². The van der Waals surface area contributed by atoms with Gasteiger partial charge in [0, 0.05) is 11.1 Å². The molecule has 3 rings (SSSR count). The van der Waals surface area contributed by atoms with E-state index in [-0.39, 0.29) is 11.3 Å². The van der Waals surface area contributed by atoms with E-state index in [9.17, 15) is 14.4 Å². The molecule has 0 fully saturated rings. The topological polar surface area (TPSA) is 95.4 Å². The van der Waals surface area contributed by atoms with Crippen LogP contribution < -0.4 is 0 Å². The summed E-state index contributed by atoms with van der Waals surface area (Å²) in [6, 6.07) is 18.1. The van der Waals surface area contributed by atoms with Crippen molar-refractivity contribution in [2.45, 2.75) is 0 Å². The number of halogens is 2. The second-order valence-corrected chi connectivity index (χ2v) is 7.34. The fraction of sp³-hybridized carbons (Fsp3) is 0. The number of benzene rings is 2. The van der Waals surface area contributed by atoms with Crippen molar-refractivity contribution in [2.75, 3.05) is 0 Å². The van der Waals surface area contributed by atoms with Gasteiger partial charge in [-0.1, -0.05) is 83.9 Å². The van der Waals surface area contributed by atoms with Crippen molar-refractivity contribution in [3.05, 3.63) is 70.7 Å². The molecule has 0 saturated heterocycles. The summed E-state index contributed by atoms with van der Waals surface area (Å²) in [5, 5.41) is 7.16. The van der Waals surface area contributed by atoms with Crippen LogP contribution in [0.2, 0.25) is 0 Å². The van der Waals surface area contributed by atoms with Crippen LogP contribution in [0, 0.1) is 0 Å². The summed E-state index contributed by atoms with van der Waals surface area (Å²) in [4.78, 5) is 18.5. The van der Waals surface area contributed by atoms with Crippen molar-refractivity contribution in [3.63, 3.8) is 0 Å². The predicted octanol–water partition coefficient (Wildman–Crippen LogP) is 4.96. The number of rotatable bonds is 5. The molecule has 1 heterocycles. The van der Waals surface area contributed by atoms with Crippen LogP contribution in [0.5, 0.6) is 0 Å². The Morgan fingerprint density at radius 2 is 1.50 bits per heavy atom. The van der Waals surface area contributed by atoms with E-state index in [1.54, 1.807) is 12.1 Å². The van der Waals surface area contributed by atoms with Gasteiger partial charge in [-0.2, -0.15) is 5.10 Å². The largest absolute Gasteiger partial charge is 0.524 e. The zero-order valence-corrected chi connectivity index (χ0v) is 15.5. The third kappa shape index (κ3) is 4.18. The van der Waals surface area contributed by atoms with Crippen molar-refractivity contribution in [3.8, 4) is 22.5 Å². The lowest BCUT2D eigenvalue weighted by atomic mass is 10.0. The van der Waals surface area contributed by atoms with E-state index in [4.69, 9.17) is 27.7 Å². The molecule has 0 aliphatic carbocycles. The van der Waals surface area contributed by atoms with Gasteiger partial charge in [0.25, 0.3) is 0 Å². The smallest absolute Gasteiger partial charge is 0.401 e. The molecule has 134 valence electrons. The third-order valence-electron chi connectivity index (χ3n) is 3.48. The van der Waals surface area contributed by atoms with Gasteiger partial charge in [-0.25, -0.2) is 4.57 Å². The maximum atomic E-state index is 11.4. The van der Waals surface area contributed by atoms with E-state index in [0.29, 0.717) is 17.0 Å². The highest BCUT2D eigenvalue weighted by Crippen LogP contribution is 2.47. The first-order valence-corrected chi connectivity index (χ1v) is 9.65. The Kier molecular flexibility index (Phi) is 5.51. The number of hydrogen-bond acceptors (Lipinski definition) is 3. The number of hydrogen-bond donors (Lipinski definition) is 3. The minimum absolute atomic E-state index is 0.255. The summed E-state index contributed by atoms with van der Waals surface area (Å²) in [7, 11) is -4.91. The maximum Gasteiger partial charge on any atom is 0.524 e. The quantitative estimate of drug-likeness (QED) is 0.408. The van der Waals surface area contributed by atoms with Crippen LogP contribution in [0.3, 0.4) is 0 Å². The van der Waals surface area contributed by atoms with Crippen LogP contribution in [-0.4, -0.2) is 20.0 Å². The van der Waals surface area contributed by atoms with Gasteiger partial charge in [0.2, 0.25) is 0 Å². The molecular weight excluding hydrogens is 398 g/mol. The van der Waals surface area contributed by atoms with Crippen LogP contribution in [0.4, 0.5) is 0 Å². The van der Waals surface area contributed by atoms with Crippen LogP contribution in [0.15, 0.2) is 65.2 Å². The fourth-order valence-electron chi connectivity index (χ4n) is 2.48. The molecule has 1 aromatic heterocycles. The van der Waals surface area contributed by atoms with E-state index in [1.807, 2.05) is 48.5 Å². The van der Waals surface area contributed by atoms with Crippen LogP contribution >= 0.6 is 31.0 Å². The van der Waals surface area contributed by atoms with Gasteiger partial charge in [-0.15, -0.1) is 0 Å². The Morgan fingerprint density at radius 1 is 0.962 bits per heavy atom. The highest BCUT2D eigenvalue weighted by atomic mass is 35.5. The molecule has 3 N–H and O–H groups in total. The first kappa shape index (κ1) is 18.7. The average Bonchev–Trinajstić information content (AvgIpc) is 3.05. The predicted molar refractivity (Wildman–Crippen MR) is 101 cm³/mol. The first-order chi connectivity index (χ1) is 12.4. The molecule has 3 aromatic rings. The molecule has 0 amide bonds. The van der Waals surface area contributed by atoms with Gasteiger partial charge >= 0.3 is 7.82 Å². The molecule has 0 saturated carbocycles. The van der Waals surface area contributed by atoms with Crippen LogP contribution in [-0.2, 0) is 9.09 Å². The minimum Gasteiger partial charge on any atom is -0.401 e. The Hall–Kier alpha value is -2.08. The number of aromatic amines is 1. The molecule has 0 atom stereocenters. The number of phosphoric ester groups is 1. The van der Waals surface area contributed by atoms with Gasteiger partial charge in [-0.05, 0) is 0 Å². The summed E-state index contributed by atoms with van der Waals surface area (Å²) in [5.41, 5.74) is 2.53. The average molecular weight is 411 g/mol. The van der Waals surface area contributed by atoms with Crippen molar-refractivity contribution >= 4 is 36.8 Å². The fourth-order valence-corrected chi connectivity index (χ4v) is 3.27. The van der Waals surface area contributed by atoms with Gasteiger partial charge in [0.15, 0.2) is 5.76 Å². The lowest BCUT2D eigenvalue weighted by molar-refractivity contribution is 0.269. The molecular formula is C17H13Cl2N2O4P. The number of phosphoric acid groups is 1. The van der Waals surface area contributed by atoms with E-state index >= 15 is 0 Å². The minimum atomic E-state index is -4.91. The highest BCUT2D eigenvalue weighted by Gasteiger charge is 2.28. The standard InChI is InChI=1S/C17H13Cl2N2O4P/c18-17(19)16(25-26(22,23)24)13-14(11-7-3-1-4-8-11)20-21-15(13)12-9-5-2-6-10-12/h1-10H,(H,20,21)(H2,22,23,24). The normalized spacial score (nSPS) is 11.2. The molecule has 0 aliphatic heterocycles. The van der Waals surface area contributed by atoms with E-state index in [0.717, 1.165) is 5.56 Å². The Morgan fingerprint density at radius 3 is 2.00 bits per heavy atom. The van der Waals surface area contributed by atoms with E-state index in [1.165, 1.54) is 0 Å². The molecule has 0 aliphatic rings. The molecule has 0 radical (unpaired) electrons. The second kappa shape index (κ2) is 7.66. The van der Waals surface area contributed by atoms with Crippen molar-refractivity contribution in [2.24, 2.45) is 0 Å². The summed E-state index contributed by atoms with van der Waals surface area (Å²) in [6.45, 7) is 0. The van der Waals surface area contributed by atoms with E-state index < -0.39 is 12.3 Å².